The molecule has 1 aliphatic rings. The number of benzene rings is 1. The Kier molecular flexibility index (Phi) is 4.74. The zero-order valence-corrected chi connectivity index (χ0v) is 13.6. The average Bonchev–Trinajstić information content (AvgIpc) is 2.63. The molecule has 1 aromatic carbocycles. The van der Waals surface area contributed by atoms with Crippen LogP contribution >= 0.6 is 0 Å². The molecule has 2 amide bonds. The minimum atomic E-state index is -0.175. The molecule has 1 N–H and O–H groups in total. The number of hydrogen-bond acceptors (Lipinski definition) is 4. The summed E-state index contributed by atoms with van der Waals surface area (Å²) in [5.41, 5.74) is 2.37. The third-order valence-corrected chi connectivity index (χ3v) is 4.14. The Hall–Kier alpha value is -2.89. The van der Waals surface area contributed by atoms with Gasteiger partial charge < -0.3 is 15.1 Å². The first-order valence-corrected chi connectivity index (χ1v) is 7.95. The molecule has 0 aliphatic carbocycles. The van der Waals surface area contributed by atoms with Gasteiger partial charge in [-0.05, 0) is 36.4 Å². The Morgan fingerprint density at radius 2 is 1.75 bits per heavy atom. The molecule has 3 rings (SSSR count). The predicted octanol–water partition coefficient (Wildman–Crippen LogP) is 2.00. The number of nitrogens with zero attached hydrogens (tertiary/aromatic N) is 3. The fourth-order valence-electron chi connectivity index (χ4n) is 2.74. The van der Waals surface area contributed by atoms with Gasteiger partial charge in [0.25, 0.3) is 5.91 Å². The van der Waals surface area contributed by atoms with Crippen LogP contribution in [0.15, 0.2) is 48.8 Å². The molecule has 0 radical (unpaired) electrons. The van der Waals surface area contributed by atoms with Crippen LogP contribution in [0.4, 0.5) is 11.4 Å². The maximum absolute atomic E-state index is 12.1. The normalized spacial score (nSPS) is 14.4. The Labute approximate surface area is 141 Å². The van der Waals surface area contributed by atoms with E-state index in [9.17, 15) is 9.59 Å². The summed E-state index contributed by atoms with van der Waals surface area (Å²) in [6.45, 7) is 4.74. The lowest BCUT2D eigenvalue weighted by Gasteiger charge is -2.35. The summed E-state index contributed by atoms with van der Waals surface area (Å²) in [5.74, 6) is -0.0472. The molecule has 0 spiro atoms. The fourth-order valence-corrected chi connectivity index (χ4v) is 2.74. The molecule has 2 heterocycles. The summed E-state index contributed by atoms with van der Waals surface area (Å²) in [7, 11) is 0. The number of nitrogens with one attached hydrogen (secondary N) is 1. The van der Waals surface area contributed by atoms with Crippen molar-refractivity contribution in [1.82, 2.24) is 9.88 Å². The van der Waals surface area contributed by atoms with Gasteiger partial charge in [-0.2, -0.15) is 0 Å². The first-order chi connectivity index (χ1) is 11.6. The Morgan fingerprint density at radius 1 is 1.04 bits per heavy atom. The van der Waals surface area contributed by atoms with Crippen molar-refractivity contribution < 1.29 is 9.59 Å². The van der Waals surface area contributed by atoms with E-state index in [4.69, 9.17) is 0 Å². The van der Waals surface area contributed by atoms with Crippen molar-refractivity contribution in [2.45, 2.75) is 6.92 Å². The zero-order valence-electron chi connectivity index (χ0n) is 13.6. The molecule has 1 aromatic heterocycles. The molecule has 6 heteroatoms. The van der Waals surface area contributed by atoms with E-state index in [2.05, 4.69) is 15.2 Å². The van der Waals surface area contributed by atoms with Crippen LogP contribution in [0.2, 0.25) is 0 Å². The van der Waals surface area contributed by atoms with Gasteiger partial charge in [0.1, 0.15) is 0 Å². The highest BCUT2D eigenvalue weighted by atomic mass is 16.2. The number of pyridine rings is 1. The van der Waals surface area contributed by atoms with Gasteiger partial charge in [0, 0.05) is 56.9 Å². The van der Waals surface area contributed by atoms with E-state index < -0.39 is 0 Å². The largest absolute Gasteiger partial charge is 0.368 e. The number of piperazine rings is 1. The number of aromatic nitrogens is 1. The standard InChI is InChI=1S/C18H20N4O2/c1-14(23)21-9-11-22(12-10-21)17-6-4-16(5-7-17)20-18(24)15-3-2-8-19-13-15/h2-8,13H,9-12H2,1H3,(H,20,24). The smallest absolute Gasteiger partial charge is 0.257 e. The van der Waals surface area contributed by atoms with Crippen molar-refractivity contribution in [1.29, 1.82) is 0 Å². The van der Waals surface area contributed by atoms with Crippen LogP contribution in [0, 0.1) is 0 Å². The van der Waals surface area contributed by atoms with E-state index in [1.54, 1.807) is 25.3 Å². The molecular weight excluding hydrogens is 304 g/mol. The summed E-state index contributed by atoms with van der Waals surface area (Å²) < 4.78 is 0. The van der Waals surface area contributed by atoms with Gasteiger partial charge in [-0.3, -0.25) is 14.6 Å². The summed E-state index contributed by atoms with van der Waals surface area (Å²) >= 11 is 0. The Morgan fingerprint density at radius 3 is 2.33 bits per heavy atom. The summed E-state index contributed by atoms with van der Waals surface area (Å²) in [6.07, 6.45) is 3.18. The van der Waals surface area contributed by atoms with Crippen LogP contribution in [0.3, 0.4) is 0 Å². The third kappa shape index (κ3) is 3.71. The molecule has 1 fully saturated rings. The maximum Gasteiger partial charge on any atom is 0.257 e. The maximum atomic E-state index is 12.1. The topological polar surface area (TPSA) is 65.5 Å². The van der Waals surface area contributed by atoms with Gasteiger partial charge in [0.15, 0.2) is 0 Å². The highest BCUT2D eigenvalue weighted by Crippen LogP contribution is 2.20. The van der Waals surface area contributed by atoms with Crippen LogP contribution < -0.4 is 10.2 Å². The number of rotatable bonds is 3. The average molecular weight is 324 g/mol. The predicted molar refractivity (Wildman–Crippen MR) is 93.1 cm³/mol. The van der Waals surface area contributed by atoms with E-state index in [1.807, 2.05) is 29.2 Å². The van der Waals surface area contributed by atoms with Crippen molar-refractivity contribution in [2.24, 2.45) is 0 Å². The SMILES string of the molecule is CC(=O)N1CCN(c2ccc(NC(=O)c3cccnc3)cc2)CC1. The molecule has 1 saturated heterocycles. The molecule has 0 atom stereocenters. The molecule has 0 bridgehead atoms. The quantitative estimate of drug-likeness (QED) is 0.938. The van der Waals surface area contributed by atoms with Gasteiger partial charge in [0.05, 0.1) is 5.56 Å². The van der Waals surface area contributed by atoms with Crippen molar-refractivity contribution in [3.8, 4) is 0 Å². The van der Waals surface area contributed by atoms with Crippen molar-refractivity contribution in [3.63, 3.8) is 0 Å². The van der Waals surface area contributed by atoms with Crippen molar-refractivity contribution in [3.05, 3.63) is 54.4 Å². The fraction of sp³-hybridized carbons (Fsp3) is 0.278. The lowest BCUT2D eigenvalue weighted by atomic mass is 10.2. The molecule has 1 aliphatic heterocycles. The summed E-state index contributed by atoms with van der Waals surface area (Å²) in [4.78, 5) is 31.5. The second kappa shape index (κ2) is 7.12. The number of carbonyl (C=O) groups excluding carboxylic acids is 2. The van der Waals surface area contributed by atoms with Gasteiger partial charge in [-0.25, -0.2) is 0 Å². The van der Waals surface area contributed by atoms with E-state index in [0.29, 0.717) is 5.56 Å². The van der Waals surface area contributed by atoms with E-state index in [1.165, 1.54) is 6.20 Å². The summed E-state index contributed by atoms with van der Waals surface area (Å²) in [5, 5.41) is 2.86. The van der Waals surface area contributed by atoms with Crippen molar-refractivity contribution in [2.75, 3.05) is 36.4 Å². The first-order valence-electron chi connectivity index (χ1n) is 7.95. The number of anilines is 2. The minimum absolute atomic E-state index is 0.128. The molecule has 124 valence electrons. The monoisotopic (exact) mass is 324 g/mol. The van der Waals surface area contributed by atoms with Gasteiger partial charge in [-0.15, -0.1) is 0 Å². The van der Waals surface area contributed by atoms with Crippen molar-refractivity contribution >= 4 is 23.2 Å². The number of hydrogen-bond donors (Lipinski definition) is 1. The van der Waals surface area contributed by atoms with E-state index in [-0.39, 0.29) is 11.8 Å². The van der Waals surface area contributed by atoms with Gasteiger partial charge in [0.2, 0.25) is 5.91 Å². The second-order valence-corrected chi connectivity index (χ2v) is 5.74. The molecule has 24 heavy (non-hydrogen) atoms. The number of carbonyl (C=O) groups is 2. The van der Waals surface area contributed by atoms with Crippen LogP contribution in [0.5, 0.6) is 0 Å². The van der Waals surface area contributed by atoms with Crippen LogP contribution in [0.25, 0.3) is 0 Å². The van der Waals surface area contributed by atoms with Crippen LogP contribution in [0.1, 0.15) is 17.3 Å². The van der Waals surface area contributed by atoms with E-state index >= 15 is 0 Å². The van der Waals surface area contributed by atoms with E-state index in [0.717, 1.165) is 37.6 Å². The lowest BCUT2D eigenvalue weighted by molar-refractivity contribution is -0.129. The molecule has 0 saturated carbocycles. The van der Waals surface area contributed by atoms with Gasteiger partial charge >= 0.3 is 0 Å². The highest BCUT2D eigenvalue weighted by Gasteiger charge is 2.18. The first kappa shape index (κ1) is 16.0. The Balaban J connectivity index is 1.60. The van der Waals surface area contributed by atoms with Crippen LogP contribution in [-0.2, 0) is 4.79 Å². The zero-order chi connectivity index (χ0) is 16.9. The molecule has 0 unspecified atom stereocenters. The molecule has 2 aromatic rings. The van der Waals surface area contributed by atoms with Crippen LogP contribution in [-0.4, -0.2) is 47.9 Å². The Bertz CT molecular complexity index is 708. The number of amides is 2. The second-order valence-electron chi connectivity index (χ2n) is 5.74. The van der Waals surface area contributed by atoms with Gasteiger partial charge in [-0.1, -0.05) is 0 Å². The molecular formula is C18H20N4O2. The highest BCUT2D eigenvalue weighted by molar-refractivity contribution is 6.04. The third-order valence-electron chi connectivity index (χ3n) is 4.14. The molecule has 6 nitrogen and oxygen atoms in total. The minimum Gasteiger partial charge on any atom is -0.368 e. The lowest BCUT2D eigenvalue weighted by Crippen LogP contribution is -2.48. The summed E-state index contributed by atoms with van der Waals surface area (Å²) in [6, 6.07) is 11.2.